The van der Waals surface area contributed by atoms with Crippen molar-refractivity contribution < 1.29 is 18.0 Å². The number of piperidine rings is 1. The molecular weight excluding hydrogens is 209 g/mol. The van der Waals surface area contributed by atoms with Gasteiger partial charge in [-0.15, -0.1) is 0 Å². The zero-order chi connectivity index (χ0) is 11.5. The fourth-order valence-electron chi connectivity index (χ4n) is 1.81. The largest absolute Gasteiger partial charge is 0.460 e. The van der Waals surface area contributed by atoms with Gasteiger partial charge in [0.25, 0.3) is 0 Å². The summed E-state index contributed by atoms with van der Waals surface area (Å²) in [7, 11) is 0. The van der Waals surface area contributed by atoms with Gasteiger partial charge in [-0.2, -0.15) is 13.2 Å². The minimum Gasteiger partial charge on any atom is -0.355 e. The summed E-state index contributed by atoms with van der Waals surface area (Å²) < 4.78 is 37.6. The number of amides is 1. The molecule has 15 heavy (non-hydrogen) atoms. The van der Waals surface area contributed by atoms with Crippen LogP contribution in [0.5, 0.6) is 0 Å². The first-order valence-corrected chi connectivity index (χ1v) is 4.99. The number of nitrogens with zero attached hydrogens (tertiary/aromatic N) is 1. The van der Waals surface area contributed by atoms with Gasteiger partial charge in [0.2, 0.25) is 5.91 Å². The summed E-state index contributed by atoms with van der Waals surface area (Å²) in [5.41, 5.74) is 0. The molecule has 1 N–H and O–H groups in total. The molecule has 1 amide bonds. The van der Waals surface area contributed by atoms with E-state index in [9.17, 15) is 18.0 Å². The van der Waals surface area contributed by atoms with Crippen molar-refractivity contribution in [2.75, 3.05) is 13.1 Å². The van der Waals surface area contributed by atoms with Crippen molar-refractivity contribution >= 4 is 5.91 Å². The standard InChI is InChI=1S/C9H15F3N2O/c1-7(15)13-6-8-4-2-3-5-14(8)9(10,11)12/h8H,2-6H2,1H3,(H,13,15)/t8-/m0/s1. The van der Waals surface area contributed by atoms with Crippen LogP contribution in [0.4, 0.5) is 13.2 Å². The van der Waals surface area contributed by atoms with Crippen LogP contribution in [-0.2, 0) is 4.79 Å². The Morgan fingerprint density at radius 2 is 2.13 bits per heavy atom. The van der Waals surface area contributed by atoms with E-state index >= 15 is 0 Å². The third kappa shape index (κ3) is 3.70. The lowest BCUT2D eigenvalue weighted by atomic mass is 10.0. The monoisotopic (exact) mass is 224 g/mol. The highest BCUT2D eigenvalue weighted by molar-refractivity contribution is 5.72. The van der Waals surface area contributed by atoms with Crippen molar-refractivity contribution in [1.82, 2.24) is 10.2 Å². The van der Waals surface area contributed by atoms with Gasteiger partial charge >= 0.3 is 6.30 Å². The molecule has 0 bridgehead atoms. The second-order valence-electron chi connectivity index (χ2n) is 3.75. The molecule has 0 unspecified atom stereocenters. The molecule has 1 fully saturated rings. The first kappa shape index (κ1) is 12.3. The quantitative estimate of drug-likeness (QED) is 0.721. The lowest BCUT2D eigenvalue weighted by Crippen LogP contribution is -2.52. The second-order valence-corrected chi connectivity index (χ2v) is 3.75. The number of alkyl halides is 3. The molecule has 0 aromatic heterocycles. The average Bonchev–Trinajstić information content (AvgIpc) is 2.13. The number of carbonyl (C=O) groups is 1. The number of nitrogens with one attached hydrogen (secondary N) is 1. The minimum absolute atomic E-state index is 0.0355. The highest BCUT2D eigenvalue weighted by Gasteiger charge is 2.42. The first-order valence-electron chi connectivity index (χ1n) is 4.99. The van der Waals surface area contributed by atoms with Crippen molar-refractivity contribution in [2.24, 2.45) is 0 Å². The average molecular weight is 224 g/mol. The molecule has 1 aliphatic heterocycles. The summed E-state index contributed by atoms with van der Waals surface area (Å²) in [6.07, 6.45) is -2.45. The maximum atomic E-state index is 12.5. The highest BCUT2D eigenvalue weighted by Crippen LogP contribution is 2.29. The van der Waals surface area contributed by atoms with E-state index in [1.807, 2.05) is 0 Å². The third-order valence-electron chi connectivity index (χ3n) is 2.54. The number of rotatable bonds is 2. The summed E-state index contributed by atoms with van der Waals surface area (Å²) in [5.74, 6) is -0.289. The van der Waals surface area contributed by atoms with Gasteiger partial charge in [0.05, 0.1) is 0 Å². The molecular formula is C9H15F3N2O. The van der Waals surface area contributed by atoms with Crippen LogP contribution in [0.3, 0.4) is 0 Å². The Kier molecular flexibility index (Phi) is 3.96. The first-order chi connectivity index (χ1) is 6.91. The van der Waals surface area contributed by atoms with Gasteiger partial charge in [0.15, 0.2) is 0 Å². The molecule has 0 saturated carbocycles. The highest BCUT2D eigenvalue weighted by atomic mass is 19.4. The van der Waals surface area contributed by atoms with Crippen LogP contribution in [0.25, 0.3) is 0 Å². The van der Waals surface area contributed by atoms with Crippen LogP contribution in [0, 0.1) is 0 Å². The maximum absolute atomic E-state index is 12.5. The Hall–Kier alpha value is -0.780. The SMILES string of the molecule is CC(=O)NC[C@@H]1CCCCN1C(F)(F)F. The summed E-state index contributed by atoms with van der Waals surface area (Å²) in [5, 5.41) is 2.44. The number of likely N-dealkylation sites (tertiary alicyclic amines) is 1. The molecule has 0 aromatic carbocycles. The lowest BCUT2D eigenvalue weighted by Gasteiger charge is -2.36. The van der Waals surface area contributed by atoms with E-state index in [1.54, 1.807) is 0 Å². The summed E-state index contributed by atoms with van der Waals surface area (Å²) in [6.45, 7) is 1.42. The minimum atomic E-state index is -4.29. The van der Waals surface area contributed by atoms with Gasteiger partial charge in [-0.3, -0.25) is 4.79 Å². The maximum Gasteiger partial charge on any atom is 0.460 e. The van der Waals surface area contributed by atoms with E-state index in [1.165, 1.54) is 6.92 Å². The predicted molar refractivity (Wildman–Crippen MR) is 49.1 cm³/mol. The number of halogens is 3. The Morgan fingerprint density at radius 1 is 1.47 bits per heavy atom. The van der Waals surface area contributed by atoms with Gasteiger partial charge < -0.3 is 5.32 Å². The molecule has 0 aromatic rings. The Labute approximate surface area is 86.6 Å². The molecule has 1 saturated heterocycles. The Balaban J connectivity index is 2.54. The van der Waals surface area contributed by atoms with Gasteiger partial charge in [0.1, 0.15) is 0 Å². The molecule has 88 valence electrons. The molecule has 1 aliphatic rings. The van der Waals surface area contributed by atoms with E-state index in [0.29, 0.717) is 17.7 Å². The molecule has 3 nitrogen and oxygen atoms in total. The third-order valence-corrected chi connectivity index (χ3v) is 2.54. The molecule has 0 aliphatic carbocycles. The second kappa shape index (κ2) is 4.83. The zero-order valence-electron chi connectivity index (χ0n) is 8.60. The molecule has 0 radical (unpaired) electrons. The predicted octanol–water partition coefficient (Wildman–Crippen LogP) is 1.50. The van der Waals surface area contributed by atoms with Crippen molar-refractivity contribution in [1.29, 1.82) is 0 Å². The molecule has 6 heteroatoms. The van der Waals surface area contributed by atoms with Crippen molar-refractivity contribution in [3.63, 3.8) is 0 Å². The summed E-state index contributed by atoms with van der Waals surface area (Å²) in [6, 6.07) is -0.609. The van der Waals surface area contributed by atoms with Crippen molar-refractivity contribution in [2.45, 2.75) is 38.5 Å². The van der Waals surface area contributed by atoms with Gasteiger partial charge in [-0.05, 0) is 12.8 Å². The van der Waals surface area contributed by atoms with Crippen LogP contribution >= 0.6 is 0 Å². The van der Waals surface area contributed by atoms with Gasteiger partial charge in [-0.1, -0.05) is 6.42 Å². The van der Waals surface area contributed by atoms with Crippen LogP contribution in [0.15, 0.2) is 0 Å². The fraction of sp³-hybridized carbons (Fsp3) is 0.889. The van der Waals surface area contributed by atoms with E-state index < -0.39 is 12.3 Å². The molecule has 1 heterocycles. The molecule has 0 spiro atoms. The van der Waals surface area contributed by atoms with E-state index in [4.69, 9.17) is 0 Å². The fourth-order valence-corrected chi connectivity index (χ4v) is 1.81. The Morgan fingerprint density at radius 3 is 2.67 bits per heavy atom. The molecule has 1 rings (SSSR count). The van der Waals surface area contributed by atoms with Crippen molar-refractivity contribution in [3.05, 3.63) is 0 Å². The Bertz CT molecular complexity index is 230. The van der Waals surface area contributed by atoms with E-state index in [-0.39, 0.29) is 19.0 Å². The smallest absolute Gasteiger partial charge is 0.355 e. The van der Waals surface area contributed by atoms with Crippen LogP contribution in [-0.4, -0.2) is 36.2 Å². The number of carbonyl (C=O) groups excluding carboxylic acids is 1. The zero-order valence-corrected chi connectivity index (χ0v) is 8.60. The van der Waals surface area contributed by atoms with Crippen LogP contribution in [0.2, 0.25) is 0 Å². The van der Waals surface area contributed by atoms with E-state index in [0.717, 1.165) is 6.42 Å². The normalized spacial score (nSPS) is 23.9. The molecule has 1 atom stereocenters. The lowest BCUT2D eigenvalue weighted by molar-refractivity contribution is -0.263. The topological polar surface area (TPSA) is 32.3 Å². The van der Waals surface area contributed by atoms with Gasteiger partial charge in [0, 0.05) is 26.1 Å². The number of hydrogen-bond donors (Lipinski definition) is 1. The number of hydrogen-bond acceptors (Lipinski definition) is 2. The summed E-state index contributed by atoms with van der Waals surface area (Å²) in [4.78, 5) is 11.2. The summed E-state index contributed by atoms with van der Waals surface area (Å²) >= 11 is 0. The van der Waals surface area contributed by atoms with Crippen molar-refractivity contribution in [3.8, 4) is 0 Å². The van der Waals surface area contributed by atoms with Crippen LogP contribution in [0.1, 0.15) is 26.2 Å². The van der Waals surface area contributed by atoms with Crippen LogP contribution < -0.4 is 5.32 Å². The van der Waals surface area contributed by atoms with E-state index in [2.05, 4.69) is 5.32 Å². The van der Waals surface area contributed by atoms with Gasteiger partial charge in [-0.25, -0.2) is 4.90 Å².